The van der Waals surface area contributed by atoms with E-state index < -0.39 is 26.7 Å². The van der Waals surface area contributed by atoms with E-state index in [4.69, 9.17) is 11.6 Å². The molecule has 1 aliphatic heterocycles. The molecule has 1 aliphatic rings. The van der Waals surface area contributed by atoms with Crippen molar-refractivity contribution in [2.45, 2.75) is 30.3 Å². The molecule has 1 aromatic rings. The molecule has 1 aromatic carbocycles. The molecule has 138 valence electrons. The summed E-state index contributed by atoms with van der Waals surface area (Å²) in [5, 5.41) is 3.05. The number of halogens is 5. The first-order valence-electron chi connectivity index (χ1n) is 7.27. The van der Waals surface area contributed by atoms with Crippen molar-refractivity contribution in [3.8, 4) is 0 Å². The van der Waals surface area contributed by atoms with Gasteiger partial charge in [0, 0.05) is 11.6 Å². The third-order valence-electron chi connectivity index (χ3n) is 3.78. The highest BCUT2D eigenvalue weighted by Gasteiger charge is 2.37. The van der Waals surface area contributed by atoms with Crippen LogP contribution in [0.3, 0.4) is 0 Å². The first-order valence-corrected chi connectivity index (χ1v) is 9.13. The maximum Gasteiger partial charge on any atom is 0.417 e. The zero-order chi connectivity index (χ0) is 17.1. The summed E-state index contributed by atoms with van der Waals surface area (Å²) < 4.78 is 65.7. The van der Waals surface area contributed by atoms with Crippen LogP contribution in [0.4, 0.5) is 13.2 Å². The van der Waals surface area contributed by atoms with Gasteiger partial charge in [-0.2, -0.15) is 13.2 Å². The van der Waals surface area contributed by atoms with Crippen LogP contribution in [0, 0.1) is 5.92 Å². The lowest BCUT2D eigenvalue weighted by atomic mass is 9.96. The van der Waals surface area contributed by atoms with E-state index in [-0.39, 0.29) is 24.0 Å². The lowest BCUT2D eigenvalue weighted by molar-refractivity contribution is -0.139. The highest BCUT2D eigenvalue weighted by Crippen LogP contribution is 2.35. The molecule has 0 aromatic heterocycles. The van der Waals surface area contributed by atoms with Crippen LogP contribution in [0.25, 0.3) is 0 Å². The molecule has 0 spiro atoms. The van der Waals surface area contributed by atoms with Gasteiger partial charge in [0.05, 0.1) is 10.5 Å². The largest absolute Gasteiger partial charge is 0.417 e. The maximum absolute atomic E-state index is 13.0. The minimum Gasteiger partial charge on any atom is -0.316 e. The minimum atomic E-state index is -4.79. The monoisotopic (exact) mass is 406 g/mol. The highest BCUT2D eigenvalue weighted by molar-refractivity contribution is 7.89. The normalized spacial score (nSPS) is 18.9. The summed E-state index contributed by atoms with van der Waals surface area (Å²) in [5.41, 5.74) is -1.25. The molecule has 0 saturated carbocycles. The zero-order valence-electron chi connectivity index (χ0n) is 12.7. The van der Waals surface area contributed by atoms with E-state index in [1.165, 1.54) is 0 Å². The summed E-state index contributed by atoms with van der Waals surface area (Å²) >= 11 is 5.56. The third-order valence-corrected chi connectivity index (χ3v) is 5.53. The number of benzene rings is 1. The van der Waals surface area contributed by atoms with Gasteiger partial charge in [-0.1, -0.05) is 11.6 Å². The second-order valence-electron chi connectivity index (χ2n) is 5.54. The minimum absolute atomic E-state index is 0. The van der Waals surface area contributed by atoms with E-state index in [0.717, 1.165) is 38.1 Å². The van der Waals surface area contributed by atoms with E-state index >= 15 is 0 Å². The van der Waals surface area contributed by atoms with Crippen LogP contribution in [0.2, 0.25) is 5.02 Å². The van der Waals surface area contributed by atoms with Gasteiger partial charge in [-0.15, -0.1) is 12.4 Å². The Hall–Kier alpha value is -0.540. The van der Waals surface area contributed by atoms with Gasteiger partial charge in [0.15, 0.2) is 0 Å². The van der Waals surface area contributed by atoms with Gasteiger partial charge in [0.25, 0.3) is 0 Å². The van der Waals surface area contributed by atoms with Gasteiger partial charge < -0.3 is 5.32 Å². The van der Waals surface area contributed by atoms with E-state index in [9.17, 15) is 21.6 Å². The molecule has 1 unspecified atom stereocenters. The second-order valence-corrected chi connectivity index (χ2v) is 7.71. The second kappa shape index (κ2) is 8.71. The van der Waals surface area contributed by atoms with Crippen molar-refractivity contribution in [3.05, 3.63) is 28.8 Å². The molecule has 1 atom stereocenters. The Morgan fingerprint density at radius 1 is 1.33 bits per heavy atom. The molecule has 2 N–H and O–H groups in total. The van der Waals surface area contributed by atoms with Crippen molar-refractivity contribution < 1.29 is 21.6 Å². The van der Waals surface area contributed by atoms with Gasteiger partial charge in [-0.05, 0) is 56.5 Å². The van der Waals surface area contributed by atoms with Crippen LogP contribution >= 0.6 is 24.0 Å². The van der Waals surface area contributed by atoms with Gasteiger partial charge >= 0.3 is 6.18 Å². The fourth-order valence-electron chi connectivity index (χ4n) is 2.60. The van der Waals surface area contributed by atoms with Crippen molar-refractivity contribution >= 4 is 34.0 Å². The Morgan fingerprint density at radius 2 is 2.04 bits per heavy atom. The Bertz CT molecular complexity index is 648. The number of hydrogen-bond donors (Lipinski definition) is 2. The number of alkyl halides is 3. The summed E-state index contributed by atoms with van der Waals surface area (Å²) in [4.78, 5) is -0.795. The van der Waals surface area contributed by atoms with Crippen molar-refractivity contribution in [2.75, 3.05) is 19.6 Å². The molecule has 2 rings (SSSR count). The van der Waals surface area contributed by atoms with Crippen LogP contribution in [-0.2, 0) is 16.2 Å². The topological polar surface area (TPSA) is 58.2 Å². The molecule has 24 heavy (non-hydrogen) atoms. The van der Waals surface area contributed by atoms with Crippen LogP contribution in [0.5, 0.6) is 0 Å². The number of nitrogens with one attached hydrogen (secondary N) is 2. The number of rotatable bonds is 5. The van der Waals surface area contributed by atoms with Crippen molar-refractivity contribution in [3.63, 3.8) is 0 Å². The quantitative estimate of drug-likeness (QED) is 0.786. The fourth-order valence-corrected chi connectivity index (χ4v) is 4.03. The Kier molecular flexibility index (Phi) is 7.80. The predicted octanol–water partition coefficient (Wildman–Crippen LogP) is 3.45. The smallest absolute Gasteiger partial charge is 0.316 e. The number of sulfonamides is 1. The molecule has 1 saturated heterocycles. The summed E-state index contributed by atoms with van der Waals surface area (Å²) in [7, 11) is -4.24. The molecule has 0 bridgehead atoms. The standard InChI is InChI=1S/C14H18ClF3N2O2S.ClH/c15-11-3-4-13(12(8-11)14(16,17)18)23(21,22)20-7-5-10-2-1-6-19-9-10;/h3-4,8,10,19-20H,1-2,5-7,9H2;1H. The number of hydrogen-bond acceptors (Lipinski definition) is 3. The molecule has 1 heterocycles. The molecular weight excluding hydrogens is 388 g/mol. The average molecular weight is 407 g/mol. The Labute approximate surface area is 150 Å². The first kappa shape index (κ1) is 21.5. The van der Waals surface area contributed by atoms with E-state index in [2.05, 4.69) is 10.0 Å². The molecule has 0 aliphatic carbocycles. The SMILES string of the molecule is Cl.O=S(=O)(NCCC1CCCNC1)c1ccc(Cl)cc1C(F)(F)F. The zero-order valence-corrected chi connectivity index (χ0v) is 15.1. The molecule has 4 nitrogen and oxygen atoms in total. The lowest BCUT2D eigenvalue weighted by Gasteiger charge is -2.22. The lowest BCUT2D eigenvalue weighted by Crippen LogP contribution is -2.33. The van der Waals surface area contributed by atoms with Gasteiger partial charge in [0.1, 0.15) is 0 Å². The average Bonchev–Trinajstić information content (AvgIpc) is 2.47. The molecule has 0 amide bonds. The van der Waals surface area contributed by atoms with Gasteiger partial charge in [0.2, 0.25) is 10.0 Å². The molecule has 10 heteroatoms. The van der Waals surface area contributed by atoms with Gasteiger partial charge in [-0.25, -0.2) is 13.1 Å². The van der Waals surface area contributed by atoms with E-state index in [1.54, 1.807) is 0 Å². The summed E-state index contributed by atoms with van der Waals surface area (Å²) in [6, 6.07) is 2.65. The van der Waals surface area contributed by atoms with Crippen LogP contribution in [-0.4, -0.2) is 28.1 Å². The molecular formula is C14H19Cl2F3N2O2S. The summed E-state index contributed by atoms with van der Waals surface area (Å²) in [6.07, 6.45) is -2.19. The van der Waals surface area contributed by atoms with Crippen molar-refractivity contribution in [2.24, 2.45) is 5.92 Å². The predicted molar refractivity (Wildman–Crippen MR) is 89.1 cm³/mol. The third kappa shape index (κ3) is 5.77. The highest BCUT2D eigenvalue weighted by atomic mass is 35.5. The molecule has 1 fully saturated rings. The van der Waals surface area contributed by atoms with E-state index in [0.29, 0.717) is 18.4 Å². The maximum atomic E-state index is 13.0. The van der Waals surface area contributed by atoms with Gasteiger partial charge in [-0.3, -0.25) is 0 Å². The van der Waals surface area contributed by atoms with Crippen LogP contribution in [0.1, 0.15) is 24.8 Å². The first-order chi connectivity index (χ1) is 10.7. The van der Waals surface area contributed by atoms with Crippen LogP contribution < -0.4 is 10.0 Å². The molecule has 0 radical (unpaired) electrons. The Balaban J connectivity index is 0.00000288. The summed E-state index contributed by atoms with van der Waals surface area (Å²) in [5.74, 6) is 0.332. The number of piperidine rings is 1. The van der Waals surface area contributed by atoms with Crippen molar-refractivity contribution in [1.29, 1.82) is 0 Å². The van der Waals surface area contributed by atoms with E-state index in [1.807, 2.05) is 0 Å². The fraction of sp³-hybridized carbons (Fsp3) is 0.571. The van der Waals surface area contributed by atoms with Crippen molar-refractivity contribution in [1.82, 2.24) is 10.0 Å². The Morgan fingerprint density at radius 3 is 2.62 bits per heavy atom. The summed E-state index contributed by atoms with van der Waals surface area (Å²) in [6.45, 7) is 1.85. The van der Waals surface area contributed by atoms with Crippen LogP contribution in [0.15, 0.2) is 23.1 Å².